The van der Waals surface area contributed by atoms with E-state index in [4.69, 9.17) is 0 Å². The summed E-state index contributed by atoms with van der Waals surface area (Å²) in [6, 6.07) is 23.1. The largest absolute Gasteiger partial charge is 0.342 e. The van der Waals surface area contributed by atoms with Crippen molar-refractivity contribution in [3.63, 3.8) is 0 Å². The summed E-state index contributed by atoms with van der Waals surface area (Å²) in [5, 5.41) is 7.65. The van der Waals surface area contributed by atoms with Crippen LogP contribution in [0.3, 0.4) is 0 Å². The van der Waals surface area contributed by atoms with E-state index < -0.39 is 0 Å². The maximum atomic E-state index is 11.0. The van der Waals surface area contributed by atoms with Crippen LogP contribution >= 0.6 is 0 Å². The van der Waals surface area contributed by atoms with Crippen LogP contribution in [0.1, 0.15) is 18.1 Å². The summed E-state index contributed by atoms with van der Waals surface area (Å²) in [7, 11) is 0. The molecule has 1 amide bonds. The number of aromatic nitrogens is 1. The predicted octanol–water partition coefficient (Wildman–Crippen LogP) is 4.31. The Morgan fingerprint density at radius 2 is 1.73 bits per heavy atom. The second-order valence-corrected chi connectivity index (χ2v) is 6.29. The Hall–Kier alpha value is -3.40. The third-order valence-corrected chi connectivity index (χ3v) is 4.47. The number of fused-ring (bicyclic) bond motifs is 2. The highest BCUT2D eigenvalue weighted by Crippen LogP contribution is 2.24. The van der Waals surface area contributed by atoms with E-state index in [0.29, 0.717) is 0 Å². The van der Waals surface area contributed by atoms with Crippen molar-refractivity contribution < 1.29 is 4.79 Å². The zero-order chi connectivity index (χ0) is 17.9. The fourth-order valence-electron chi connectivity index (χ4n) is 3.32. The van der Waals surface area contributed by atoms with Crippen LogP contribution in [0.25, 0.3) is 21.7 Å². The lowest BCUT2D eigenvalue weighted by atomic mass is 10.0. The minimum Gasteiger partial charge on any atom is -0.342 e. The highest BCUT2D eigenvalue weighted by Gasteiger charge is 2.08. The van der Waals surface area contributed by atoms with E-state index in [-0.39, 0.29) is 5.91 Å². The summed E-state index contributed by atoms with van der Waals surface area (Å²) in [5.41, 5.74) is 5.86. The maximum Gasteiger partial charge on any atom is 0.236 e. The molecule has 4 rings (SSSR count). The van der Waals surface area contributed by atoms with E-state index in [2.05, 4.69) is 75.9 Å². The van der Waals surface area contributed by atoms with Crippen LogP contribution in [0.15, 0.2) is 78.0 Å². The molecule has 0 saturated carbocycles. The van der Waals surface area contributed by atoms with E-state index in [1.165, 1.54) is 23.3 Å². The number of nitrogens with zero attached hydrogens (tertiary/aromatic N) is 2. The summed E-state index contributed by atoms with van der Waals surface area (Å²) >= 11 is 0. The predicted molar refractivity (Wildman–Crippen MR) is 106 cm³/mol. The third-order valence-electron chi connectivity index (χ3n) is 4.47. The summed E-state index contributed by atoms with van der Waals surface area (Å²) in [5.74, 6) is -0.180. The Bertz CT molecular complexity index is 1120. The molecule has 1 heterocycles. The van der Waals surface area contributed by atoms with E-state index in [0.717, 1.165) is 23.0 Å². The van der Waals surface area contributed by atoms with Crippen LogP contribution in [0.2, 0.25) is 0 Å². The minimum atomic E-state index is -0.180. The molecule has 128 valence electrons. The van der Waals surface area contributed by atoms with Gasteiger partial charge in [0.05, 0.1) is 6.21 Å². The molecule has 0 aliphatic rings. The fraction of sp³-hybridized carbons (Fsp3) is 0.0909. The van der Waals surface area contributed by atoms with Crippen LogP contribution in [0.4, 0.5) is 0 Å². The maximum absolute atomic E-state index is 11.0. The molecule has 0 atom stereocenters. The normalized spacial score (nSPS) is 11.4. The molecule has 3 aromatic carbocycles. The van der Waals surface area contributed by atoms with Crippen molar-refractivity contribution in [1.82, 2.24) is 9.99 Å². The molecule has 0 bridgehead atoms. The lowest BCUT2D eigenvalue weighted by molar-refractivity contribution is -0.118. The number of rotatable bonds is 4. The number of hydrazone groups is 1. The van der Waals surface area contributed by atoms with E-state index in [9.17, 15) is 4.79 Å². The number of nitrogens with one attached hydrogen (secondary N) is 1. The van der Waals surface area contributed by atoms with Gasteiger partial charge in [-0.2, -0.15) is 5.10 Å². The van der Waals surface area contributed by atoms with E-state index >= 15 is 0 Å². The van der Waals surface area contributed by atoms with Crippen molar-refractivity contribution in [3.8, 4) is 0 Å². The second-order valence-electron chi connectivity index (χ2n) is 6.29. The number of amides is 1. The summed E-state index contributed by atoms with van der Waals surface area (Å²) in [6.45, 7) is 2.22. The van der Waals surface area contributed by atoms with Crippen molar-refractivity contribution in [3.05, 3.63) is 84.1 Å². The quantitative estimate of drug-likeness (QED) is 0.436. The van der Waals surface area contributed by atoms with Crippen molar-refractivity contribution >= 4 is 33.8 Å². The number of hydrogen-bond acceptors (Lipinski definition) is 2. The van der Waals surface area contributed by atoms with Crippen LogP contribution < -0.4 is 5.43 Å². The zero-order valence-electron chi connectivity index (χ0n) is 14.5. The first-order valence-corrected chi connectivity index (χ1v) is 8.56. The molecular weight excluding hydrogens is 322 g/mol. The number of benzene rings is 3. The molecule has 0 fully saturated rings. The highest BCUT2D eigenvalue weighted by atomic mass is 16.2. The summed E-state index contributed by atoms with van der Waals surface area (Å²) < 4.78 is 2.23. The lowest BCUT2D eigenvalue weighted by Gasteiger charge is -2.09. The smallest absolute Gasteiger partial charge is 0.236 e. The van der Waals surface area contributed by atoms with Gasteiger partial charge in [-0.1, -0.05) is 60.7 Å². The highest BCUT2D eigenvalue weighted by molar-refractivity contribution is 5.99. The molecule has 0 aliphatic carbocycles. The molecule has 0 aliphatic heterocycles. The molecule has 4 aromatic rings. The van der Waals surface area contributed by atoms with Gasteiger partial charge in [0.1, 0.15) is 0 Å². The van der Waals surface area contributed by atoms with Gasteiger partial charge < -0.3 is 4.57 Å². The number of carbonyl (C=O) groups is 1. The number of carbonyl (C=O) groups excluding carboxylic acids is 1. The first kappa shape index (κ1) is 16.1. The van der Waals surface area contributed by atoms with Gasteiger partial charge in [0, 0.05) is 36.1 Å². The number of para-hydroxylation sites is 1. The van der Waals surface area contributed by atoms with Crippen LogP contribution in [-0.2, 0) is 11.3 Å². The fourth-order valence-corrected chi connectivity index (χ4v) is 3.32. The first-order chi connectivity index (χ1) is 12.7. The topological polar surface area (TPSA) is 46.4 Å². The van der Waals surface area contributed by atoms with Gasteiger partial charge in [0.15, 0.2) is 0 Å². The number of hydrogen-bond donors (Lipinski definition) is 1. The molecule has 4 heteroatoms. The molecular formula is C22H19N3O. The molecule has 0 unspecified atom stereocenters. The molecule has 0 radical (unpaired) electrons. The molecule has 26 heavy (non-hydrogen) atoms. The molecule has 0 spiro atoms. The van der Waals surface area contributed by atoms with Gasteiger partial charge in [-0.15, -0.1) is 0 Å². The second kappa shape index (κ2) is 6.84. The van der Waals surface area contributed by atoms with Gasteiger partial charge >= 0.3 is 0 Å². The van der Waals surface area contributed by atoms with Crippen molar-refractivity contribution in [1.29, 1.82) is 0 Å². The molecule has 1 aromatic heterocycles. The van der Waals surface area contributed by atoms with Crippen LogP contribution in [0.5, 0.6) is 0 Å². The van der Waals surface area contributed by atoms with Gasteiger partial charge in [0.2, 0.25) is 5.91 Å². The first-order valence-electron chi connectivity index (χ1n) is 8.56. The Labute approximate surface area is 151 Å². The van der Waals surface area contributed by atoms with Crippen molar-refractivity contribution in [2.24, 2.45) is 5.10 Å². The van der Waals surface area contributed by atoms with Crippen LogP contribution in [0, 0.1) is 0 Å². The van der Waals surface area contributed by atoms with Crippen molar-refractivity contribution in [2.75, 3.05) is 0 Å². The Morgan fingerprint density at radius 1 is 1.00 bits per heavy atom. The van der Waals surface area contributed by atoms with Gasteiger partial charge in [-0.25, -0.2) is 5.43 Å². The minimum absolute atomic E-state index is 0.180. The summed E-state index contributed by atoms with van der Waals surface area (Å²) in [4.78, 5) is 11.0. The van der Waals surface area contributed by atoms with Crippen molar-refractivity contribution in [2.45, 2.75) is 13.5 Å². The van der Waals surface area contributed by atoms with Gasteiger partial charge in [-0.3, -0.25) is 4.79 Å². The average molecular weight is 341 g/mol. The molecule has 4 nitrogen and oxygen atoms in total. The SMILES string of the molecule is CC(=O)N/N=C\c1cn(Cc2cccc3ccccc23)c2ccccc12. The summed E-state index contributed by atoms with van der Waals surface area (Å²) in [6.07, 6.45) is 3.78. The van der Waals surface area contributed by atoms with Gasteiger partial charge in [-0.05, 0) is 22.4 Å². The molecule has 0 saturated heterocycles. The monoisotopic (exact) mass is 341 g/mol. The van der Waals surface area contributed by atoms with E-state index in [1.54, 1.807) is 6.21 Å². The zero-order valence-corrected chi connectivity index (χ0v) is 14.5. The standard InChI is InChI=1S/C22H19N3O/c1-16(26)24-23-13-19-15-25(22-12-5-4-11-21(19)22)14-18-9-6-8-17-7-2-3-10-20(17)18/h2-13,15H,14H2,1H3,(H,24,26)/b23-13-. The molecule has 1 N–H and O–H groups in total. The average Bonchev–Trinajstić information content (AvgIpc) is 3.00. The van der Waals surface area contributed by atoms with E-state index in [1.807, 2.05) is 12.1 Å². The Morgan fingerprint density at radius 3 is 2.58 bits per heavy atom. The van der Waals surface area contributed by atoms with Crippen LogP contribution in [-0.4, -0.2) is 16.7 Å². The Kier molecular flexibility index (Phi) is 4.23. The third kappa shape index (κ3) is 3.09. The van der Waals surface area contributed by atoms with Gasteiger partial charge in [0.25, 0.3) is 0 Å². The lowest BCUT2D eigenvalue weighted by Crippen LogP contribution is -2.12. The Balaban J connectivity index is 1.77.